The zero-order chi connectivity index (χ0) is 25.2. The summed E-state index contributed by atoms with van der Waals surface area (Å²) in [4.78, 5) is 21.7. The molecule has 6 heteroatoms. The number of benzene rings is 3. The molecule has 3 aromatic carbocycles. The number of hydrogen-bond donors (Lipinski definition) is 1. The quantitative estimate of drug-likeness (QED) is 0.459. The Bertz CT molecular complexity index is 1180. The van der Waals surface area contributed by atoms with E-state index in [4.69, 9.17) is 4.99 Å². The molecular weight excluding hydrogens is 452 g/mol. The predicted octanol–water partition coefficient (Wildman–Crippen LogP) is 6.07. The number of thioether (sulfide) groups is 1. The van der Waals surface area contributed by atoms with Crippen LogP contribution in [0, 0.1) is 6.92 Å². The largest absolute Gasteiger partial charge is 0.378 e. The second-order valence-electron chi connectivity index (χ2n) is 9.40. The maximum atomic E-state index is 12.6. The molecule has 4 rings (SSSR count). The summed E-state index contributed by atoms with van der Waals surface area (Å²) in [6, 6.07) is 23.8. The van der Waals surface area contributed by atoms with Crippen LogP contribution in [0.2, 0.25) is 0 Å². The van der Waals surface area contributed by atoms with Crippen molar-refractivity contribution in [3.8, 4) is 0 Å². The van der Waals surface area contributed by atoms with Gasteiger partial charge in [0.25, 0.3) is 0 Å². The van der Waals surface area contributed by atoms with Gasteiger partial charge in [0.15, 0.2) is 5.17 Å². The van der Waals surface area contributed by atoms with E-state index in [1.54, 1.807) is 11.8 Å². The van der Waals surface area contributed by atoms with Gasteiger partial charge in [-0.05, 0) is 54.8 Å². The summed E-state index contributed by atoms with van der Waals surface area (Å²) in [5.74, 6) is -0.00544. The van der Waals surface area contributed by atoms with Gasteiger partial charge in [-0.15, -0.1) is 0 Å². The summed E-state index contributed by atoms with van der Waals surface area (Å²) in [6.45, 7) is 4.12. The Morgan fingerprint density at radius 1 is 0.886 bits per heavy atom. The summed E-state index contributed by atoms with van der Waals surface area (Å²) < 4.78 is -0.562. The second-order valence-corrected chi connectivity index (χ2v) is 10.6. The molecule has 0 atom stereocenters. The zero-order valence-corrected chi connectivity index (χ0v) is 22.2. The highest BCUT2D eigenvalue weighted by atomic mass is 32.2. The first-order valence-electron chi connectivity index (χ1n) is 12.0. The van der Waals surface area contributed by atoms with Crippen molar-refractivity contribution in [3.63, 3.8) is 0 Å². The molecular formula is C29H34N4OS. The Hall–Kier alpha value is -3.25. The highest BCUT2D eigenvalue weighted by Crippen LogP contribution is 2.54. The molecule has 5 nitrogen and oxygen atoms in total. The number of aliphatic imine (C=N–C) groups is 1. The molecule has 1 aliphatic heterocycles. The highest BCUT2D eigenvalue weighted by molar-refractivity contribution is 8.15. The monoisotopic (exact) mass is 486 g/mol. The van der Waals surface area contributed by atoms with E-state index in [1.807, 2.05) is 35.1 Å². The van der Waals surface area contributed by atoms with Gasteiger partial charge in [-0.1, -0.05) is 60.6 Å². The molecule has 1 amide bonds. The highest BCUT2D eigenvalue weighted by Gasteiger charge is 2.43. The third-order valence-electron chi connectivity index (χ3n) is 6.31. The summed E-state index contributed by atoms with van der Waals surface area (Å²) in [5, 5.41) is 3.72. The topological polar surface area (TPSA) is 47.9 Å². The van der Waals surface area contributed by atoms with Gasteiger partial charge in [0.1, 0.15) is 4.75 Å². The fourth-order valence-electron chi connectivity index (χ4n) is 4.41. The first-order chi connectivity index (χ1) is 16.7. The maximum absolute atomic E-state index is 12.6. The SMILES string of the molecule is CCCC(=O)NC1=Nc2ccc(C)cc2C(c2ccc(N(C)C)cc2)(c2ccc(N(C)C)cc2)S1. The number of carbonyl (C=O) groups is 1. The Labute approximate surface area is 213 Å². The third-order valence-corrected chi connectivity index (χ3v) is 7.69. The van der Waals surface area contributed by atoms with Crippen LogP contribution in [0.5, 0.6) is 0 Å². The van der Waals surface area contributed by atoms with E-state index in [1.165, 1.54) is 5.56 Å². The Morgan fingerprint density at radius 2 is 1.43 bits per heavy atom. The Balaban J connectivity index is 1.96. The van der Waals surface area contributed by atoms with E-state index in [-0.39, 0.29) is 5.91 Å². The van der Waals surface area contributed by atoms with E-state index >= 15 is 0 Å². The lowest BCUT2D eigenvalue weighted by atomic mass is 9.82. The van der Waals surface area contributed by atoms with Crippen molar-refractivity contribution in [2.75, 3.05) is 38.0 Å². The number of amides is 1. The van der Waals surface area contributed by atoms with Crippen LogP contribution in [0.4, 0.5) is 17.1 Å². The van der Waals surface area contributed by atoms with Gasteiger partial charge in [-0.25, -0.2) is 4.99 Å². The number of hydrogen-bond acceptors (Lipinski definition) is 5. The number of amidine groups is 1. The molecule has 0 aromatic heterocycles. The first-order valence-corrected chi connectivity index (χ1v) is 12.8. The molecule has 182 valence electrons. The number of rotatable bonds is 6. The van der Waals surface area contributed by atoms with Gasteiger partial charge >= 0.3 is 0 Å². The molecule has 35 heavy (non-hydrogen) atoms. The summed E-state index contributed by atoms with van der Waals surface area (Å²) in [5.41, 5.74) is 7.77. The van der Waals surface area contributed by atoms with Crippen LogP contribution in [-0.2, 0) is 9.54 Å². The summed E-state index contributed by atoms with van der Waals surface area (Å²) >= 11 is 1.61. The zero-order valence-electron chi connectivity index (χ0n) is 21.4. The third kappa shape index (κ3) is 4.94. The van der Waals surface area contributed by atoms with Crippen molar-refractivity contribution >= 4 is 39.9 Å². The van der Waals surface area contributed by atoms with Crippen molar-refractivity contribution in [2.24, 2.45) is 4.99 Å². The Kier molecular flexibility index (Phi) is 7.22. The molecule has 1 aliphatic rings. The van der Waals surface area contributed by atoms with E-state index in [0.29, 0.717) is 11.6 Å². The van der Waals surface area contributed by atoms with Gasteiger partial charge in [-0.2, -0.15) is 0 Å². The number of anilines is 2. The van der Waals surface area contributed by atoms with Crippen molar-refractivity contribution in [1.29, 1.82) is 0 Å². The smallest absolute Gasteiger partial charge is 0.225 e. The lowest BCUT2D eigenvalue weighted by Crippen LogP contribution is -2.37. The molecule has 0 fully saturated rings. The van der Waals surface area contributed by atoms with Crippen LogP contribution in [-0.4, -0.2) is 39.3 Å². The lowest BCUT2D eigenvalue weighted by Gasteiger charge is -2.39. The van der Waals surface area contributed by atoms with E-state index in [2.05, 4.69) is 88.8 Å². The minimum absolute atomic E-state index is 0.00544. The average Bonchev–Trinajstić information content (AvgIpc) is 2.84. The molecule has 0 spiro atoms. The molecule has 0 saturated heterocycles. The van der Waals surface area contributed by atoms with Gasteiger partial charge in [-0.3, -0.25) is 4.79 Å². The molecule has 1 heterocycles. The van der Waals surface area contributed by atoms with Crippen molar-refractivity contribution < 1.29 is 4.79 Å². The minimum atomic E-state index is -0.562. The van der Waals surface area contributed by atoms with Crippen molar-refractivity contribution in [2.45, 2.75) is 31.4 Å². The van der Waals surface area contributed by atoms with E-state index < -0.39 is 4.75 Å². The van der Waals surface area contributed by atoms with Gasteiger partial charge in [0.2, 0.25) is 5.91 Å². The molecule has 3 aromatic rings. The van der Waals surface area contributed by atoms with E-state index in [0.717, 1.165) is 40.2 Å². The maximum Gasteiger partial charge on any atom is 0.225 e. The predicted molar refractivity (Wildman–Crippen MR) is 150 cm³/mol. The van der Waals surface area contributed by atoms with Crippen molar-refractivity contribution in [3.05, 3.63) is 89.0 Å². The summed E-state index contributed by atoms with van der Waals surface area (Å²) in [6.07, 6.45) is 1.27. The number of fused-ring (bicyclic) bond motifs is 1. The molecule has 0 aliphatic carbocycles. The molecule has 1 N–H and O–H groups in total. The standard InChI is InChI=1S/C29H34N4OS/c1-7-8-27(34)31-28-30-26-18-9-20(2)19-25(26)29(35-28,21-10-14-23(15-11-21)32(3)4)22-12-16-24(17-13-22)33(5)6/h9-19H,7-8H2,1-6H3,(H,30,31,34). The molecule has 0 radical (unpaired) electrons. The van der Waals surface area contributed by atoms with Crippen LogP contribution < -0.4 is 15.1 Å². The fraction of sp³-hybridized carbons (Fsp3) is 0.310. The number of nitrogens with one attached hydrogen (secondary N) is 1. The first kappa shape index (κ1) is 24.9. The van der Waals surface area contributed by atoms with Crippen LogP contribution >= 0.6 is 11.8 Å². The van der Waals surface area contributed by atoms with Gasteiger partial charge in [0, 0.05) is 51.5 Å². The van der Waals surface area contributed by atoms with Gasteiger partial charge < -0.3 is 15.1 Å². The van der Waals surface area contributed by atoms with E-state index in [9.17, 15) is 4.79 Å². The molecule has 0 saturated carbocycles. The second kappa shape index (κ2) is 10.2. The van der Waals surface area contributed by atoms with Gasteiger partial charge in [0.05, 0.1) is 5.69 Å². The Morgan fingerprint density at radius 3 is 1.91 bits per heavy atom. The molecule has 0 unspecified atom stereocenters. The average molecular weight is 487 g/mol. The van der Waals surface area contributed by atoms with Crippen molar-refractivity contribution in [1.82, 2.24) is 5.32 Å². The number of nitrogens with zero attached hydrogens (tertiary/aromatic N) is 3. The van der Waals surface area contributed by atoms with Crippen LogP contribution in [0.15, 0.2) is 71.7 Å². The number of aryl methyl sites for hydroxylation is 1. The van der Waals surface area contributed by atoms with Crippen LogP contribution in [0.3, 0.4) is 0 Å². The van der Waals surface area contributed by atoms with Crippen LogP contribution in [0.25, 0.3) is 0 Å². The number of carbonyl (C=O) groups excluding carboxylic acids is 1. The normalized spacial score (nSPS) is 14.1. The summed E-state index contributed by atoms with van der Waals surface area (Å²) in [7, 11) is 8.19. The lowest BCUT2D eigenvalue weighted by molar-refractivity contribution is -0.119. The minimum Gasteiger partial charge on any atom is -0.378 e. The fourth-order valence-corrected chi connectivity index (χ4v) is 5.79. The molecule has 0 bridgehead atoms. The van der Waals surface area contributed by atoms with Crippen LogP contribution in [0.1, 0.15) is 42.0 Å².